The van der Waals surface area contributed by atoms with E-state index in [-0.39, 0.29) is 11.7 Å². The smallest absolute Gasteiger partial charge is 0.225 e. The molecule has 0 unspecified atom stereocenters. The van der Waals surface area contributed by atoms with Gasteiger partial charge in [0.25, 0.3) is 0 Å². The van der Waals surface area contributed by atoms with Gasteiger partial charge in [-0.2, -0.15) is 5.26 Å². The van der Waals surface area contributed by atoms with Crippen molar-refractivity contribution in [2.75, 3.05) is 11.1 Å². The molecule has 2 aromatic rings. The minimum absolute atomic E-state index is 0.121. The van der Waals surface area contributed by atoms with Crippen LogP contribution in [0.15, 0.2) is 53.4 Å². The monoisotopic (exact) mass is 298 g/mol. The van der Waals surface area contributed by atoms with Crippen molar-refractivity contribution in [3.05, 3.63) is 54.1 Å². The molecule has 0 aliphatic rings. The molecule has 2 rings (SSSR count). The first-order valence-electron chi connectivity index (χ1n) is 6.40. The molecule has 0 aromatic heterocycles. The van der Waals surface area contributed by atoms with Crippen LogP contribution in [-0.4, -0.2) is 16.8 Å². The maximum absolute atomic E-state index is 11.9. The van der Waals surface area contributed by atoms with Gasteiger partial charge in [0, 0.05) is 17.1 Å². The predicted molar refractivity (Wildman–Crippen MR) is 83.2 cm³/mol. The molecule has 2 N–H and O–H groups in total. The maximum Gasteiger partial charge on any atom is 0.225 e. The average Bonchev–Trinajstić information content (AvgIpc) is 2.50. The summed E-state index contributed by atoms with van der Waals surface area (Å²) < 4.78 is 0. The lowest BCUT2D eigenvalue weighted by Crippen LogP contribution is -2.13. The molecule has 0 aliphatic heterocycles. The van der Waals surface area contributed by atoms with Crippen molar-refractivity contribution in [1.29, 1.82) is 5.26 Å². The second kappa shape index (κ2) is 7.36. The van der Waals surface area contributed by atoms with Crippen LogP contribution in [0.1, 0.15) is 12.0 Å². The molecule has 106 valence electrons. The number of nitrogens with one attached hydrogen (secondary N) is 1. The lowest BCUT2D eigenvalue weighted by molar-refractivity contribution is -0.115. The zero-order valence-corrected chi connectivity index (χ0v) is 12.1. The topological polar surface area (TPSA) is 73.1 Å². The Balaban J connectivity index is 1.82. The molecule has 0 fully saturated rings. The maximum atomic E-state index is 11.9. The summed E-state index contributed by atoms with van der Waals surface area (Å²) in [7, 11) is 0. The minimum atomic E-state index is -0.121. The first kappa shape index (κ1) is 14.9. The van der Waals surface area contributed by atoms with Crippen molar-refractivity contribution >= 4 is 23.4 Å². The van der Waals surface area contributed by atoms with E-state index in [4.69, 9.17) is 5.26 Å². The van der Waals surface area contributed by atoms with E-state index in [0.717, 1.165) is 4.90 Å². The number of para-hydroxylation sites is 1. The van der Waals surface area contributed by atoms with Crippen LogP contribution in [0.3, 0.4) is 0 Å². The first-order chi connectivity index (χ1) is 10.2. The number of carbonyl (C=O) groups excluding carboxylic acids is 1. The molecule has 0 bridgehead atoms. The van der Waals surface area contributed by atoms with Gasteiger partial charge in [0.2, 0.25) is 5.91 Å². The molecule has 0 radical (unpaired) electrons. The number of nitriles is 1. The largest absolute Gasteiger partial charge is 0.508 e. The highest BCUT2D eigenvalue weighted by Gasteiger charge is 2.06. The van der Waals surface area contributed by atoms with Crippen LogP contribution < -0.4 is 5.32 Å². The Morgan fingerprint density at radius 1 is 1.19 bits per heavy atom. The Bertz CT molecular complexity index is 663. The van der Waals surface area contributed by atoms with Gasteiger partial charge >= 0.3 is 0 Å². The zero-order chi connectivity index (χ0) is 15.1. The number of phenolic OH excluding ortho intramolecular Hbond substituents is 1. The number of aromatic hydroxyl groups is 1. The second-order valence-electron chi connectivity index (χ2n) is 4.30. The fraction of sp³-hybridized carbons (Fsp3) is 0.125. The van der Waals surface area contributed by atoms with Gasteiger partial charge in [-0.25, -0.2) is 0 Å². The van der Waals surface area contributed by atoms with Crippen molar-refractivity contribution in [2.24, 2.45) is 0 Å². The summed E-state index contributed by atoms with van der Waals surface area (Å²) in [5.41, 5.74) is 0.997. The summed E-state index contributed by atoms with van der Waals surface area (Å²) in [4.78, 5) is 12.8. The quantitative estimate of drug-likeness (QED) is 0.830. The van der Waals surface area contributed by atoms with Gasteiger partial charge in [0.1, 0.15) is 11.8 Å². The molecule has 21 heavy (non-hydrogen) atoms. The Kier molecular flexibility index (Phi) is 5.24. The summed E-state index contributed by atoms with van der Waals surface area (Å²) in [5.74, 6) is 0.736. The number of anilines is 1. The van der Waals surface area contributed by atoms with E-state index in [1.54, 1.807) is 48.2 Å². The summed E-state index contributed by atoms with van der Waals surface area (Å²) in [5, 5.41) is 20.9. The number of hydrogen-bond acceptors (Lipinski definition) is 4. The lowest BCUT2D eigenvalue weighted by Gasteiger charge is -2.06. The highest BCUT2D eigenvalue weighted by atomic mass is 32.2. The van der Waals surface area contributed by atoms with Crippen LogP contribution >= 0.6 is 11.8 Å². The summed E-state index contributed by atoms with van der Waals surface area (Å²) in [6.07, 6.45) is 0.352. The number of thioether (sulfide) groups is 1. The number of hydrogen-bond donors (Lipinski definition) is 2. The number of amides is 1. The zero-order valence-electron chi connectivity index (χ0n) is 11.2. The van der Waals surface area contributed by atoms with Crippen LogP contribution in [0.5, 0.6) is 5.75 Å². The van der Waals surface area contributed by atoms with Crippen LogP contribution in [-0.2, 0) is 4.79 Å². The molecule has 0 aliphatic carbocycles. The van der Waals surface area contributed by atoms with Crippen LogP contribution in [0, 0.1) is 11.3 Å². The Morgan fingerprint density at radius 2 is 1.90 bits per heavy atom. The van der Waals surface area contributed by atoms with E-state index < -0.39 is 0 Å². The van der Waals surface area contributed by atoms with E-state index in [9.17, 15) is 9.90 Å². The number of benzene rings is 2. The molecular formula is C16H14N2O2S. The third-order valence-corrected chi connectivity index (χ3v) is 3.77. The molecule has 0 atom stereocenters. The molecule has 0 saturated carbocycles. The second-order valence-corrected chi connectivity index (χ2v) is 5.47. The van der Waals surface area contributed by atoms with E-state index in [2.05, 4.69) is 5.32 Å². The molecule has 5 heteroatoms. The van der Waals surface area contributed by atoms with Crippen molar-refractivity contribution in [1.82, 2.24) is 0 Å². The van der Waals surface area contributed by atoms with Gasteiger partial charge < -0.3 is 10.4 Å². The van der Waals surface area contributed by atoms with Crippen LogP contribution in [0.4, 0.5) is 5.69 Å². The number of nitrogens with zero attached hydrogens (tertiary/aromatic N) is 1. The molecule has 4 nitrogen and oxygen atoms in total. The molecule has 2 aromatic carbocycles. The Labute approximate surface area is 127 Å². The molecule has 0 saturated heterocycles. The van der Waals surface area contributed by atoms with E-state index >= 15 is 0 Å². The van der Waals surface area contributed by atoms with Gasteiger partial charge in [-0.1, -0.05) is 12.1 Å². The third-order valence-electron chi connectivity index (χ3n) is 2.76. The van der Waals surface area contributed by atoms with Crippen LogP contribution in [0.25, 0.3) is 0 Å². The number of rotatable bonds is 5. The van der Waals surface area contributed by atoms with Gasteiger partial charge in [-0.05, 0) is 36.4 Å². The summed E-state index contributed by atoms with van der Waals surface area (Å²) >= 11 is 1.54. The lowest BCUT2D eigenvalue weighted by atomic mass is 10.2. The molecular weight excluding hydrogens is 284 g/mol. The number of phenols is 1. The van der Waals surface area contributed by atoms with Crippen molar-refractivity contribution in [3.63, 3.8) is 0 Å². The van der Waals surface area contributed by atoms with Crippen molar-refractivity contribution in [3.8, 4) is 11.8 Å². The average molecular weight is 298 g/mol. The fourth-order valence-electron chi connectivity index (χ4n) is 1.71. The van der Waals surface area contributed by atoms with E-state index in [1.807, 2.05) is 18.2 Å². The normalized spacial score (nSPS) is 9.86. The molecule has 0 heterocycles. The minimum Gasteiger partial charge on any atom is -0.508 e. The first-order valence-corrected chi connectivity index (χ1v) is 7.38. The highest BCUT2D eigenvalue weighted by Crippen LogP contribution is 2.21. The van der Waals surface area contributed by atoms with Crippen LogP contribution in [0.2, 0.25) is 0 Å². The van der Waals surface area contributed by atoms with E-state index in [0.29, 0.717) is 23.4 Å². The van der Waals surface area contributed by atoms with Crippen molar-refractivity contribution in [2.45, 2.75) is 11.3 Å². The van der Waals surface area contributed by atoms with Crippen molar-refractivity contribution < 1.29 is 9.90 Å². The Hall–Kier alpha value is -2.45. The Morgan fingerprint density at radius 3 is 2.62 bits per heavy atom. The van der Waals surface area contributed by atoms with Gasteiger partial charge in [-0.15, -0.1) is 11.8 Å². The van der Waals surface area contributed by atoms with Gasteiger partial charge in [0.15, 0.2) is 0 Å². The van der Waals surface area contributed by atoms with Gasteiger partial charge in [-0.3, -0.25) is 4.79 Å². The SMILES string of the molecule is N#Cc1ccccc1NC(=O)CCSc1ccc(O)cc1. The van der Waals surface area contributed by atoms with E-state index in [1.165, 1.54) is 0 Å². The third kappa shape index (κ3) is 4.55. The predicted octanol–water partition coefficient (Wildman–Crippen LogP) is 3.38. The molecule has 0 spiro atoms. The fourth-order valence-corrected chi connectivity index (χ4v) is 2.56. The number of carbonyl (C=O) groups is 1. The highest BCUT2D eigenvalue weighted by molar-refractivity contribution is 7.99. The van der Waals surface area contributed by atoms with Gasteiger partial charge in [0.05, 0.1) is 11.3 Å². The standard InChI is InChI=1S/C16H14N2O2S/c17-11-12-3-1-2-4-15(12)18-16(20)9-10-21-14-7-5-13(19)6-8-14/h1-8,19H,9-10H2,(H,18,20). The molecule has 1 amide bonds. The summed E-state index contributed by atoms with van der Waals surface area (Å²) in [6.45, 7) is 0. The summed E-state index contributed by atoms with van der Waals surface area (Å²) in [6, 6.07) is 15.8.